The van der Waals surface area contributed by atoms with E-state index in [0.717, 1.165) is 25.3 Å². The average molecular weight is 142 g/mol. The summed E-state index contributed by atoms with van der Waals surface area (Å²) in [5.74, 6) is 0.191. The Morgan fingerprint density at radius 1 is 1.70 bits per heavy atom. The van der Waals surface area contributed by atoms with Crippen LogP contribution in [0.2, 0.25) is 0 Å². The monoisotopic (exact) mass is 142 g/mol. The van der Waals surface area contributed by atoms with Gasteiger partial charge in [0.25, 0.3) is 0 Å². The molecule has 3 nitrogen and oxygen atoms in total. The van der Waals surface area contributed by atoms with Crippen molar-refractivity contribution in [3.8, 4) is 0 Å². The minimum Gasteiger partial charge on any atom is -0.481 e. The highest BCUT2D eigenvalue weighted by molar-refractivity contribution is 5.68. The second-order valence-corrected chi connectivity index (χ2v) is 3.65. The summed E-state index contributed by atoms with van der Waals surface area (Å²) in [6.07, 6.45) is 2.64. The van der Waals surface area contributed by atoms with E-state index in [9.17, 15) is 4.79 Å². The van der Waals surface area contributed by atoms with Crippen LogP contribution in [0.25, 0.3) is 0 Å². The van der Waals surface area contributed by atoms with E-state index in [1.807, 2.05) is 0 Å². The van der Waals surface area contributed by atoms with Gasteiger partial charge in [0.05, 0.1) is 6.54 Å². The molecule has 3 heteroatoms. The largest absolute Gasteiger partial charge is 0.481 e. The topological polar surface area (TPSA) is 53.9 Å². The Balaban J connectivity index is 1.98. The summed E-state index contributed by atoms with van der Waals surface area (Å²) in [5.41, 5.74) is 0.135. The Kier molecular flexibility index (Phi) is 1.06. The van der Waals surface area contributed by atoms with Gasteiger partial charge in [-0.1, -0.05) is 0 Å². The first kappa shape index (κ1) is 6.16. The van der Waals surface area contributed by atoms with E-state index in [1.165, 1.54) is 0 Å². The van der Waals surface area contributed by atoms with Gasteiger partial charge in [0, 0.05) is 18.8 Å². The second kappa shape index (κ2) is 1.72. The van der Waals surface area contributed by atoms with Gasteiger partial charge in [-0.15, -0.1) is 0 Å². The number of fused-ring (bicyclic) bond motifs is 1. The highest BCUT2D eigenvalue weighted by atomic mass is 16.4. The molecule has 0 aromatic heterocycles. The maximum Gasteiger partial charge on any atom is 0.309 e. The average Bonchev–Trinajstić information content (AvgIpc) is 2.18. The highest BCUT2D eigenvalue weighted by Crippen LogP contribution is 2.40. The van der Waals surface area contributed by atoms with Gasteiger partial charge in [0.1, 0.15) is 12.0 Å². The van der Waals surface area contributed by atoms with Gasteiger partial charge in [0.15, 0.2) is 0 Å². The van der Waals surface area contributed by atoms with Crippen molar-refractivity contribution in [1.82, 2.24) is 0 Å². The van der Waals surface area contributed by atoms with Crippen LogP contribution < -0.4 is 5.32 Å². The third kappa shape index (κ3) is 0.736. The van der Waals surface area contributed by atoms with Crippen LogP contribution >= 0.6 is 0 Å². The molecule has 0 aromatic carbocycles. The molecule has 56 valence electrons. The second-order valence-electron chi connectivity index (χ2n) is 3.65. The third-order valence-electron chi connectivity index (χ3n) is 2.78. The van der Waals surface area contributed by atoms with Gasteiger partial charge in [-0.2, -0.15) is 0 Å². The van der Waals surface area contributed by atoms with Crippen LogP contribution in [0, 0.1) is 5.92 Å². The van der Waals surface area contributed by atoms with E-state index in [0.29, 0.717) is 6.42 Å². The maximum atomic E-state index is 10.4. The van der Waals surface area contributed by atoms with Crippen LogP contribution in [0.3, 0.4) is 0 Å². The van der Waals surface area contributed by atoms with Crippen LogP contribution in [0.15, 0.2) is 0 Å². The molecule has 3 N–H and O–H groups in total. The number of rotatable bonds is 2. The normalized spacial score (nSPS) is 43.0. The molecule has 1 saturated carbocycles. The summed E-state index contributed by atoms with van der Waals surface area (Å²) in [5, 5.41) is 10.8. The van der Waals surface area contributed by atoms with Crippen molar-refractivity contribution in [2.45, 2.75) is 24.8 Å². The lowest BCUT2D eigenvalue weighted by Crippen LogP contribution is -2.92. The minimum atomic E-state index is -0.642. The molecule has 3 fully saturated rings. The van der Waals surface area contributed by atoms with E-state index in [2.05, 4.69) is 5.32 Å². The van der Waals surface area contributed by atoms with E-state index >= 15 is 0 Å². The Hall–Kier alpha value is -0.570. The zero-order chi connectivity index (χ0) is 7.19. The summed E-state index contributed by atoms with van der Waals surface area (Å²) in [6.45, 7) is 1.16. The molecule has 3 aliphatic rings. The predicted octanol–water partition coefficient (Wildman–Crippen LogP) is -0.813. The zero-order valence-electron chi connectivity index (χ0n) is 5.84. The van der Waals surface area contributed by atoms with Crippen molar-refractivity contribution in [3.63, 3.8) is 0 Å². The van der Waals surface area contributed by atoms with Crippen molar-refractivity contribution >= 4 is 5.97 Å². The standard InChI is InChI=1S/C7H11NO2/c9-6(10)3-7-1-5(2-7)4-8-7/h5,8H,1-4H2,(H,9,10)/p+1. The Morgan fingerprint density at radius 2 is 2.40 bits per heavy atom. The van der Waals surface area contributed by atoms with E-state index in [1.54, 1.807) is 0 Å². The molecule has 2 aliphatic heterocycles. The zero-order valence-corrected chi connectivity index (χ0v) is 5.84. The maximum absolute atomic E-state index is 10.4. The number of aliphatic carboxylic acids is 1. The lowest BCUT2D eigenvalue weighted by Gasteiger charge is -2.31. The fourth-order valence-corrected chi connectivity index (χ4v) is 2.36. The first-order valence-electron chi connectivity index (χ1n) is 3.76. The summed E-state index contributed by atoms with van der Waals surface area (Å²) < 4.78 is 0. The number of hydrogen-bond acceptors (Lipinski definition) is 1. The van der Waals surface area contributed by atoms with E-state index in [-0.39, 0.29) is 5.54 Å². The van der Waals surface area contributed by atoms with Gasteiger partial charge < -0.3 is 10.4 Å². The van der Waals surface area contributed by atoms with Crippen molar-refractivity contribution in [2.75, 3.05) is 6.54 Å². The van der Waals surface area contributed by atoms with Gasteiger partial charge in [-0.3, -0.25) is 4.79 Å². The number of hydrogen-bond donors (Lipinski definition) is 2. The molecule has 0 aromatic rings. The third-order valence-corrected chi connectivity index (χ3v) is 2.78. The molecule has 2 heterocycles. The number of nitrogens with two attached hydrogens (primary N) is 1. The number of quaternary nitrogens is 1. The van der Waals surface area contributed by atoms with Crippen LogP contribution in [-0.2, 0) is 4.79 Å². The Morgan fingerprint density at radius 3 is 2.80 bits per heavy atom. The molecule has 10 heavy (non-hydrogen) atoms. The smallest absolute Gasteiger partial charge is 0.309 e. The molecular weight excluding hydrogens is 130 g/mol. The number of carboxylic acids is 1. The predicted molar refractivity (Wildman–Crippen MR) is 34.5 cm³/mol. The van der Waals surface area contributed by atoms with Gasteiger partial charge in [-0.05, 0) is 0 Å². The van der Waals surface area contributed by atoms with Crippen LogP contribution in [-0.4, -0.2) is 23.2 Å². The first-order chi connectivity index (χ1) is 4.70. The van der Waals surface area contributed by atoms with Crippen molar-refractivity contribution < 1.29 is 15.2 Å². The Labute approximate surface area is 59.4 Å². The molecule has 0 spiro atoms. The van der Waals surface area contributed by atoms with Crippen LogP contribution in [0.1, 0.15) is 19.3 Å². The molecular formula is C7H12NO2+. The molecule has 1 aliphatic carbocycles. The summed E-state index contributed by atoms with van der Waals surface area (Å²) in [4.78, 5) is 10.4. The summed E-state index contributed by atoms with van der Waals surface area (Å²) in [6, 6.07) is 0. The molecule has 3 rings (SSSR count). The van der Waals surface area contributed by atoms with E-state index < -0.39 is 5.97 Å². The Bertz CT molecular complexity index is 167. The fraction of sp³-hybridized carbons (Fsp3) is 0.857. The van der Waals surface area contributed by atoms with Crippen molar-refractivity contribution in [3.05, 3.63) is 0 Å². The molecule has 0 unspecified atom stereocenters. The first-order valence-corrected chi connectivity index (χ1v) is 3.76. The van der Waals surface area contributed by atoms with Crippen molar-refractivity contribution in [2.24, 2.45) is 5.92 Å². The van der Waals surface area contributed by atoms with Crippen molar-refractivity contribution in [1.29, 1.82) is 0 Å². The highest BCUT2D eigenvalue weighted by Gasteiger charge is 2.55. The SMILES string of the molecule is O=C(O)CC12CC(C[NH2+]1)C2. The summed E-state index contributed by atoms with van der Waals surface area (Å²) in [7, 11) is 0. The molecule has 0 amide bonds. The molecule has 2 bridgehead atoms. The van der Waals surface area contributed by atoms with Gasteiger partial charge >= 0.3 is 5.97 Å². The lowest BCUT2D eigenvalue weighted by molar-refractivity contribution is -0.696. The van der Waals surface area contributed by atoms with Crippen LogP contribution in [0.5, 0.6) is 0 Å². The number of carbonyl (C=O) groups is 1. The fourth-order valence-electron chi connectivity index (χ4n) is 2.36. The van der Waals surface area contributed by atoms with Gasteiger partial charge in [-0.25, -0.2) is 0 Å². The molecule has 2 saturated heterocycles. The molecule has 0 radical (unpaired) electrons. The lowest BCUT2D eigenvalue weighted by atomic mass is 9.72. The number of carboxylic acid groups (broad SMARTS) is 1. The molecule has 0 atom stereocenters. The van der Waals surface area contributed by atoms with Gasteiger partial charge in [0.2, 0.25) is 0 Å². The quantitative estimate of drug-likeness (QED) is 0.529. The van der Waals surface area contributed by atoms with E-state index in [4.69, 9.17) is 5.11 Å². The van der Waals surface area contributed by atoms with Crippen LogP contribution in [0.4, 0.5) is 0 Å². The minimum absolute atomic E-state index is 0.135. The summed E-state index contributed by atoms with van der Waals surface area (Å²) >= 11 is 0.